The summed E-state index contributed by atoms with van der Waals surface area (Å²) in [6.45, 7) is -1.26. The van der Waals surface area contributed by atoms with Gasteiger partial charge < -0.3 is 10.1 Å². The Morgan fingerprint density at radius 1 is 1.42 bits per heavy atom. The zero-order valence-electron chi connectivity index (χ0n) is 12.8. The van der Waals surface area contributed by atoms with Crippen molar-refractivity contribution in [3.8, 4) is 5.75 Å². The van der Waals surface area contributed by atoms with Crippen LogP contribution in [-0.4, -0.2) is 32.9 Å². The van der Waals surface area contributed by atoms with Gasteiger partial charge in [-0.2, -0.15) is 8.78 Å². The normalized spacial score (nSPS) is 15.3. The van der Waals surface area contributed by atoms with E-state index in [0.717, 1.165) is 18.7 Å². The number of hydrogen-bond acceptors (Lipinski definition) is 5. The van der Waals surface area contributed by atoms with Crippen molar-refractivity contribution in [2.24, 2.45) is 0 Å². The summed E-state index contributed by atoms with van der Waals surface area (Å²) in [6, 6.07) is 6.06. The maximum atomic E-state index is 12.4. The first-order chi connectivity index (χ1) is 11.5. The number of halogens is 2. The predicted molar refractivity (Wildman–Crippen MR) is 85.4 cm³/mol. The van der Waals surface area contributed by atoms with Crippen LogP contribution in [0.25, 0.3) is 0 Å². The second-order valence-corrected chi connectivity index (χ2v) is 6.71. The maximum absolute atomic E-state index is 12.4. The number of nitrogens with zero attached hydrogens (tertiary/aromatic N) is 2. The Morgan fingerprint density at radius 2 is 2.17 bits per heavy atom. The van der Waals surface area contributed by atoms with E-state index in [1.807, 2.05) is 0 Å². The van der Waals surface area contributed by atoms with Gasteiger partial charge in [0.2, 0.25) is 11.1 Å². The first-order valence-corrected chi connectivity index (χ1v) is 8.34. The molecule has 2 aromatic rings. The Labute approximate surface area is 141 Å². The first kappa shape index (κ1) is 16.7. The Kier molecular flexibility index (Phi) is 4.98. The monoisotopic (exact) mass is 354 g/mol. The molecule has 9 heteroatoms. The Hall–Kier alpha value is -2.16. The van der Waals surface area contributed by atoms with Crippen molar-refractivity contribution in [1.82, 2.24) is 15.2 Å². The number of para-hydroxylation sites is 2. The number of carbonyl (C=O) groups is 1. The van der Waals surface area contributed by atoms with Crippen LogP contribution >= 0.6 is 11.8 Å². The summed E-state index contributed by atoms with van der Waals surface area (Å²) in [5.74, 6) is 0.880. The zero-order chi connectivity index (χ0) is 17.1. The van der Waals surface area contributed by atoms with Crippen molar-refractivity contribution in [2.75, 3.05) is 5.32 Å². The average molecular weight is 354 g/mol. The fourth-order valence-electron chi connectivity index (χ4n) is 2.06. The summed E-state index contributed by atoms with van der Waals surface area (Å²) in [4.78, 5) is 16.6. The molecule has 0 saturated heterocycles. The van der Waals surface area contributed by atoms with E-state index in [2.05, 4.69) is 25.2 Å². The number of alkyl halides is 2. The number of amides is 1. The van der Waals surface area contributed by atoms with Gasteiger partial charge in [-0.1, -0.05) is 23.9 Å². The molecule has 1 aliphatic carbocycles. The van der Waals surface area contributed by atoms with Crippen LogP contribution in [-0.2, 0) is 4.79 Å². The number of ether oxygens (including phenoxy) is 1. The quantitative estimate of drug-likeness (QED) is 0.745. The molecule has 0 bridgehead atoms. The average Bonchev–Trinajstić information content (AvgIpc) is 3.29. The highest BCUT2D eigenvalue weighted by molar-refractivity contribution is 8.00. The van der Waals surface area contributed by atoms with Gasteiger partial charge in [-0.3, -0.25) is 9.89 Å². The Bertz CT molecular complexity index is 721. The lowest BCUT2D eigenvalue weighted by molar-refractivity contribution is -0.115. The fourth-order valence-corrected chi connectivity index (χ4v) is 2.80. The van der Waals surface area contributed by atoms with Gasteiger partial charge in [-0.05, 0) is 31.9 Å². The van der Waals surface area contributed by atoms with Gasteiger partial charge in [0.1, 0.15) is 11.6 Å². The first-order valence-electron chi connectivity index (χ1n) is 7.46. The third kappa shape index (κ3) is 4.22. The second-order valence-electron chi connectivity index (χ2n) is 5.40. The topological polar surface area (TPSA) is 79.9 Å². The molecule has 1 saturated carbocycles. The predicted octanol–water partition coefficient (Wildman–Crippen LogP) is 3.40. The molecule has 1 amide bonds. The highest BCUT2D eigenvalue weighted by Crippen LogP contribution is 2.38. The van der Waals surface area contributed by atoms with E-state index >= 15 is 0 Å². The van der Waals surface area contributed by atoms with E-state index in [-0.39, 0.29) is 17.3 Å². The van der Waals surface area contributed by atoms with Gasteiger partial charge in [0, 0.05) is 5.92 Å². The van der Waals surface area contributed by atoms with E-state index in [0.29, 0.717) is 11.1 Å². The van der Waals surface area contributed by atoms with Gasteiger partial charge in [-0.25, -0.2) is 4.98 Å². The molecule has 0 aliphatic heterocycles. The molecule has 1 unspecified atom stereocenters. The van der Waals surface area contributed by atoms with Crippen molar-refractivity contribution in [3.05, 3.63) is 30.1 Å². The third-order valence-electron chi connectivity index (χ3n) is 3.46. The zero-order valence-corrected chi connectivity index (χ0v) is 13.6. The molecule has 1 atom stereocenters. The number of thioether (sulfide) groups is 1. The number of aromatic amines is 1. The number of anilines is 1. The van der Waals surface area contributed by atoms with Gasteiger partial charge in [0.25, 0.3) is 0 Å². The Balaban J connectivity index is 1.61. The highest BCUT2D eigenvalue weighted by atomic mass is 32.2. The van der Waals surface area contributed by atoms with Crippen LogP contribution in [0, 0.1) is 0 Å². The molecule has 1 aromatic carbocycles. The van der Waals surface area contributed by atoms with E-state index in [4.69, 9.17) is 0 Å². The molecule has 0 radical (unpaired) electrons. The number of H-pyrrole nitrogens is 1. The molecule has 6 nitrogen and oxygen atoms in total. The van der Waals surface area contributed by atoms with Crippen LogP contribution in [0.1, 0.15) is 31.5 Å². The van der Waals surface area contributed by atoms with Crippen molar-refractivity contribution < 1.29 is 18.3 Å². The minimum atomic E-state index is -2.95. The fraction of sp³-hybridized carbons (Fsp3) is 0.400. The molecule has 128 valence electrons. The van der Waals surface area contributed by atoms with Gasteiger partial charge in [-0.15, -0.1) is 5.10 Å². The number of nitrogens with one attached hydrogen (secondary N) is 2. The standard InChI is InChI=1S/C15H16F2N4O2S/c1-8(24-15-19-12(20-21-15)9-6-7-9)13(22)18-10-4-2-3-5-11(10)23-14(16)17/h2-5,8-9,14H,6-7H2,1H3,(H,18,22)(H,19,20,21). The van der Waals surface area contributed by atoms with Crippen molar-refractivity contribution in [1.29, 1.82) is 0 Å². The minimum absolute atomic E-state index is 0.0769. The lowest BCUT2D eigenvalue weighted by Gasteiger charge is -2.14. The number of benzene rings is 1. The summed E-state index contributed by atoms with van der Waals surface area (Å²) in [6.07, 6.45) is 2.21. The van der Waals surface area contributed by atoms with Crippen LogP contribution in [0.4, 0.5) is 14.5 Å². The van der Waals surface area contributed by atoms with Crippen LogP contribution in [0.3, 0.4) is 0 Å². The van der Waals surface area contributed by atoms with Crippen molar-refractivity contribution in [3.63, 3.8) is 0 Å². The molecule has 1 fully saturated rings. The summed E-state index contributed by atoms with van der Waals surface area (Å²) >= 11 is 1.20. The lowest BCUT2D eigenvalue weighted by Crippen LogP contribution is -2.23. The van der Waals surface area contributed by atoms with Crippen LogP contribution in [0.15, 0.2) is 29.4 Å². The molecular weight excluding hydrogens is 338 g/mol. The van der Waals surface area contributed by atoms with Crippen LogP contribution < -0.4 is 10.1 Å². The molecule has 1 heterocycles. The summed E-state index contributed by atoms with van der Waals surface area (Å²) in [5, 5.41) is 9.56. The Morgan fingerprint density at radius 3 is 2.88 bits per heavy atom. The molecule has 1 aliphatic rings. The molecule has 1 aromatic heterocycles. The lowest BCUT2D eigenvalue weighted by atomic mass is 10.3. The molecule has 0 spiro atoms. The van der Waals surface area contributed by atoms with Crippen LogP contribution in [0.2, 0.25) is 0 Å². The van der Waals surface area contributed by atoms with Gasteiger partial charge in [0.05, 0.1) is 10.9 Å². The van der Waals surface area contributed by atoms with E-state index in [1.165, 1.54) is 23.9 Å². The van der Waals surface area contributed by atoms with Gasteiger partial charge >= 0.3 is 6.61 Å². The van der Waals surface area contributed by atoms with E-state index < -0.39 is 11.9 Å². The highest BCUT2D eigenvalue weighted by Gasteiger charge is 2.28. The number of aromatic nitrogens is 3. The number of rotatable bonds is 7. The van der Waals surface area contributed by atoms with E-state index in [1.54, 1.807) is 19.1 Å². The summed E-state index contributed by atoms with van der Waals surface area (Å²) < 4.78 is 29.2. The number of hydrogen-bond donors (Lipinski definition) is 2. The largest absolute Gasteiger partial charge is 0.433 e. The smallest absolute Gasteiger partial charge is 0.387 e. The SMILES string of the molecule is CC(Sc1n[nH]c(C2CC2)n1)C(=O)Nc1ccccc1OC(F)F. The van der Waals surface area contributed by atoms with Crippen LogP contribution in [0.5, 0.6) is 5.75 Å². The van der Waals surface area contributed by atoms with Crippen molar-refractivity contribution >= 4 is 23.4 Å². The maximum Gasteiger partial charge on any atom is 0.387 e. The van der Waals surface area contributed by atoms with E-state index in [9.17, 15) is 13.6 Å². The minimum Gasteiger partial charge on any atom is -0.433 e. The molecular formula is C15H16F2N4O2S. The molecule has 3 rings (SSSR count). The molecule has 2 N–H and O–H groups in total. The summed E-state index contributed by atoms with van der Waals surface area (Å²) in [7, 11) is 0. The summed E-state index contributed by atoms with van der Waals surface area (Å²) in [5.41, 5.74) is 0.198. The third-order valence-corrected chi connectivity index (χ3v) is 4.42. The molecule has 24 heavy (non-hydrogen) atoms. The second kappa shape index (κ2) is 7.16. The van der Waals surface area contributed by atoms with Gasteiger partial charge in [0.15, 0.2) is 0 Å². The van der Waals surface area contributed by atoms with Crippen molar-refractivity contribution in [2.45, 2.75) is 42.7 Å². The number of carbonyl (C=O) groups excluding carboxylic acids is 1.